The van der Waals surface area contributed by atoms with Gasteiger partial charge in [-0.15, -0.1) is 0 Å². The predicted octanol–water partition coefficient (Wildman–Crippen LogP) is 3.29. The van der Waals surface area contributed by atoms with Gasteiger partial charge in [0, 0.05) is 30.2 Å². The molecule has 4 rings (SSSR count). The van der Waals surface area contributed by atoms with Gasteiger partial charge in [0.1, 0.15) is 5.82 Å². The number of aromatic amines is 1. The molecule has 7 heteroatoms. The number of anilines is 2. The van der Waals surface area contributed by atoms with Crippen LogP contribution < -0.4 is 10.6 Å². The number of aryl methyl sites for hydroxylation is 1. The van der Waals surface area contributed by atoms with Crippen LogP contribution in [0.1, 0.15) is 21.6 Å². The second-order valence-corrected chi connectivity index (χ2v) is 6.07. The van der Waals surface area contributed by atoms with Crippen molar-refractivity contribution in [1.82, 2.24) is 25.3 Å². The van der Waals surface area contributed by atoms with Crippen LogP contribution in [0.4, 0.5) is 11.5 Å². The average Bonchev–Trinajstić information content (AvgIpc) is 3.11. The van der Waals surface area contributed by atoms with Gasteiger partial charge in [0.25, 0.3) is 5.91 Å². The molecule has 0 bridgehead atoms. The van der Waals surface area contributed by atoms with E-state index < -0.39 is 0 Å². The largest absolute Gasteiger partial charge is 0.359 e. The van der Waals surface area contributed by atoms with Gasteiger partial charge >= 0.3 is 0 Å². The first kappa shape index (κ1) is 16.7. The number of fused-ring (bicyclic) bond motifs is 1. The van der Waals surface area contributed by atoms with E-state index in [9.17, 15) is 4.79 Å². The molecule has 27 heavy (non-hydrogen) atoms. The van der Waals surface area contributed by atoms with Crippen LogP contribution in [0.3, 0.4) is 0 Å². The average molecular weight is 358 g/mol. The van der Waals surface area contributed by atoms with Crippen LogP contribution in [0.5, 0.6) is 0 Å². The van der Waals surface area contributed by atoms with Gasteiger partial charge in [0.05, 0.1) is 35.0 Å². The van der Waals surface area contributed by atoms with Crippen molar-refractivity contribution in [3.8, 4) is 11.4 Å². The van der Waals surface area contributed by atoms with Gasteiger partial charge in [-0.05, 0) is 31.2 Å². The number of hydrogen-bond donors (Lipinski definition) is 3. The summed E-state index contributed by atoms with van der Waals surface area (Å²) in [6, 6.07) is 11.3. The molecule has 7 nitrogen and oxygen atoms in total. The zero-order chi connectivity index (χ0) is 18.6. The summed E-state index contributed by atoms with van der Waals surface area (Å²) >= 11 is 0. The smallest absolute Gasteiger partial charge is 0.254 e. The first-order chi connectivity index (χ1) is 13.2. The highest BCUT2D eigenvalue weighted by Gasteiger charge is 2.27. The Bertz CT molecular complexity index is 1040. The SMILES string of the molecule is Cc1cccc[nH]c(-c2ncc(Nc3ccccn3)c3c2CNC3=O)cn1. The Kier molecular flexibility index (Phi) is 4.49. The van der Waals surface area contributed by atoms with Crippen LogP contribution in [-0.2, 0) is 6.54 Å². The second-order valence-electron chi connectivity index (χ2n) is 6.07. The minimum atomic E-state index is -0.132. The molecular weight excluding hydrogens is 340 g/mol. The number of pyridine rings is 2. The monoisotopic (exact) mass is 358 g/mol. The van der Waals surface area contributed by atoms with Crippen LogP contribution in [-0.4, -0.2) is 25.8 Å². The maximum absolute atomic E-state index is 12.5. The van der Waals surface area contributed by atoms with Gasteiger partial charge in [-0.25, -0.2) is 4.98 Å². The van der Waals surface area contributed by atoms with Crippen LogP contribution in [0.25, 0.3) is 11.4 Å². The van der Waals surface area contributed by atoms with Crippen molar-refractivity contribution in [3.05, 3.63) is 78.0 Å². The molecule has 3 aromatic rings. The summed E-state index contributed by atoms with van der Waals surface area (Å²) in [6.45, 7) is 2.34. The molecule has 3 aromatic heterocycles. The van der Waals surface area contributed by atoms with Crippen molar-refractivity contribution in [2.45, 2.75) is 13.5 Å². The molecule has 0 spiro atoms. The fourth-order valence-corrected chi connectivity index (χ4v) is 2.91. The van der Waals surface area contributed by atoms with E-state index in [0.717, 1.165) is 17.0 Å². The molecule has 0 aromatic carbocycles. The van der Waals surface area contributed by atoms with Crippen molar-refractivity contribution >= 4 is 17.4 Å². The van der Waals surface area contributed by atoms with Crippen molar-refractivity contribution in [2.24, 2.45) is 0 Å². The number of carbonyl (C=O) groups excluding carboxylic acids is 1. The van der Waals surface area contributed by atoms with E-state index in [0.29, 0.717) is 29.3 Å². The summed E-state index contributed by atoms with van der Waals surface area (Å²) in [4.78, 5) is 28.9. The topological polar surface area (TPSA) is 95.6 Å². The van der Waals surface area contributed by atoms with E-state index in [2.05, 4.69) is 30.6 Å². The first-order valence-corrected chi connectivity index (χ1v) is 8.55. The zero-order valence-electron chi connectivity index (χ0n) is 14.7. The lowest BCUT2D eigenvalue weighted by molar-refractivity contribution is 0.0966. The number of hydrogen-bond acceptors (Lipinski definition) is 5. The number of aromatic nitrogens is 4. The Morgan fingerprint density at radius 3 is 2.78 bits per heavy atom. The molecule has 134 valence electrons. The lowest BCUT2D eigenvalue weighted by atomic mass is 10.1. The zero-order valence-corrected chi connectivity index (χ0v) is 14.7. The molecule has 1 amide bonds. The van der Waals surface area contributed by atoms with Crippen LogP contribution in [0, 0.1) is 6.92 Å². The van der Waals surface area contributed by atoms with Crippen molar-refractivity contribution in [1.29, 1.82) is 0 Å². The molecular formula is C20H18N6O. The molecule has 0 saturated carbocycles. The quantitative estimate of drug-likeness (QED) is 0.668. The lowest BCUT2D eigenvalue weighted by Crippen LogP contribution is -2.13. The summed E-state index contributed by atoms with van der Waals surface area (Å²) in [5.74, 6) is 0.524. The highest BCUT2D eigenvalue weighted by Crippen LogP contribution is 2.31. The normalized spacial score (nSPS) is 12.1. The summed E-state index contributed by atoms with van der Waals surface area (Å²) in [5, 5.41) is 6.06. The van der Waals surface area contributed by atoms with Gasteiger partial charge in [-0.1, -0.05) is 12.1 Å². The highest BCUT2D eigenvalue weighted by molar-refractivity contribution is 6.05. The number of H-pyrrole nitrogens is 1. The standard InChI is InChI=1S/C20H18N6O/c1-13-6-2-4-8-21-16(12-23-13)19-14-10-25-20(27)18(14)15(11-24-19)26-17-7-3-5-9-22-17/h2-9,11-12,21H,10H2,1H3,(H,22,26)(H,25,27). The maximum atomic E-state index is 12.5. The Labute approximate surface area is 156 Å². The third-order valence-electron chi connectivity index (χ3n) is 4.20. The maximum Gasteiger partial charge on any atom is 0.254 e. The number of carbonyl (C=O) groups is 1. The Morgan fingerprint density at radius 1 is 1.04 bits per heavy atom. The van der Waals surface area contributed by atoms with Gasteiger partial charge in [-0.2, -0.15) is 0 Å². The third-order valence-corrected chi connectivity index (χ3v) is 4.20. The fourth-order valence-electron chi connectivity index (χ4n) is 2.91. The molecule has 0 unspecified atom stereocenters. The lowest BCUT2D eigenvalue weighted by Gasteiger charge is -2.11. The van der Waals surface area contributed by atoms with Crippen molar-refractivity contribution in [3.63, 3.8) is 0 Å². The molecule has 1 aliphatic heterocycles. The van der Waals surface area contributed by atoms with E-state index in [1.165, 1.54) is 0 Å². The molecule has 0 aliphatic carbocycles. The van der Waals surface area contributed by atoms with Gasteiger partial charge in [0.2, 0.25) is 0 Å². The summed E-state index contributed by atoms with van der Waals surface area (Å²) < 4.78 is 0. The number of amides is 1. The highest BCUT2D eigenvalue weighted by atomic mass is 16.1. The van der Waals surface area contributed by atoms with Gasteiger partial charge < -0.3 is 15.6 Å². The van der Waals surface area contributed by atoms with Gasteiger partial charge in [0.15, 0.2) is 0 Å². The van der Waals surface area contributed by atoms with E-state index in [1.807, 2.05) is 49.5 Å². The van der Waals surface area contributed by atoms with E-state index in [4.69, 9.17) is 0 Å². The Hall–Kier alpha value is -3.74. The minimum absolute atomic E-state index is 0.132. The molecule has 3 N–H and O–H groups in total. The first-order valence-electron chi connectivity index (χ1n) is 8.55. The number of nitrogens with one attached hydrogen (secondary N) is 3. The summed E-state index contributed by atoms with van der Waals surface area (Å²) in [6.07, 6.45) is 6.89. The Morgan fingerprint density at radius 2 is 1.93 bits per heavy atom. The fraction of sp³-hybridized carbons (Fsp3) is 0.100. The van der Waals surface area contributed by atoms with E-state index in [1.54, 1.807) is 18.6 Å². The molecule has 0 radical (unpaired) electrons. The van der Waals surface area contributed by atoms with Crippen LogP contribution >= 0.6 is 0 Å². The number of rotatable bonds is 3. The predicted molar refractivity (Wildman–Crippen MR) is 103 cm³/mol. The second kappa shape index (κ2) is 7.25. The molecule has 1 aliphatic rings. The number of nitrogens with zero attached hydrogens (tertiary/aromatic N) is 3. The Balaban J connectivity index is 1.83. The van der Waals surface area contributed by atoms with Crippen molar-refractivity contribution < 1.29 is 4.79 Å². The van der Waals surface area contributed by atoms with E-state index >= 15 is 0 Å². The molecule has 0 atom stereocenters. The van der Waals surface area contributed by atoms with Crippen LogP contribution in [0.2, 0.25) is 0 Å². The minimum Gasteiger partial charge on any atom is -0.359 e. The van der Waals surface area contributed by atoms with Gasteiger partial charge in [-0.3, -0.25) is 14.8 Å². The molecule has 4 heterocycles. The summed E-state index contributed by atoms with van der Waals surface area (Å²) in [5.41, 5.74) is 4.33. The van der Waals surface area contributed by atoms with Crippen LogP contribution in [0.15, 0.2) is 61.2 Å². The molecule has 0 fully saturated rings. The third kappa shape index (κ3) is 3.48. The summed E-state index contributed by atoms with van der Waals surface area (Å²) in [7, 11) is 0. The van der Waals surface area contributed by atoms with E-state index in [-0.39, 0.29) is 5.91 Å². The molecule has 0 saturated heterocycles. The van der Waals surface area contributed by atoms with Crippen molar-refractivity contribution in [2.75, 3.05) is 5.32 Å².